The van der Waals surface area contributed by atoms with Crippen LogP contribution in [-0.2, 0) is 15.9 Å². The third-order valence-electron chi connectivity index (χ3n) is 3.16. The number of methoxy groups -OCH3 is 1. The molecule has 6 heteroatoms. The molecule has 1 aromatic heterocycles. The summed E-state index contributed by atoms with van der Waals surface area (Å²) in [6.07, 6.45) is 4.43. The zero-order valence-corrected chi connectivity index (χ0v) is 11.8. The van der Waals surface area contributed by atoms with E-state index >= 15 is 0 Å². The van der Waals surface area contributed by atoms with E-state index < -0.39 is 0 Å². The molecule has 2 rings (SSSR count). The normalized spacial score (nSPS) is 21.1. The molecule has 0 radical (unpaired) electrons. The molecule has 1 aliphatic heterocycles. The SMILES string of the molecule is CCC(Nc1nc(CCOC)ns1)C1CCCO1. The van der Waals surface area contributed by atoms with Crippen molar-refractivity contribution in [2.24, 2.45) is 0 Å². The van der Waals surface area contributed by atoms with Gasteiger partial charge in [-0.15, -0.1) is 0 Å². The average molecular weight is 271 g/mol. The molecule has 2 unspecified atom stereocenters. The van der Waals surface area contributed by atoms with Crippen LogP contribution >= 0.6 is 11.5 Å². The van der Waals surface area contributed by atoms with Gasteiger partial charge in [-0.05, 0) is 19.3 Å². The second-order valence-electron chi connectivity index (χ2n) is 4.47. The van der Waals surface area contributed by atoms with Crippen LogP contribution in [0, 0.1) is 0 Å². The van der Waals surface area contributed by atoms with Gasteiger partial charge in [-0.1, -0.05) is 6.92 Å². The number of hydrogen-bond acceptors (Lipinski definition) is 6. The standard InChI is InChI=1S/C12H21N3O2S/c1-3-9(10-5-4-7-17-10)13-12-14-11(15-18-12)6-8-16-2/h9-10H,3-8H2,1-2H3,(H,13,14,15). The van der Waals surface area contributed by atoms with Crippen molar-refractivity contribution in [3.05, 3.63) is 5.82 Å². The van der Waals surface area contributed by atoms with Crippen molar-refractivity contribution in [2.75, 3.05) is 25.6 Å². The molecule has 0 bridgehead atoms. The Kier molecular flexibility index (Phi) is 5.34. The van der Waals surface area contributed by atoms with Crippen molar-refractivity contribution < 1.29 is 9.47 Å². The Hall–Kier alpha value is -0.720. The van der Waals surface area contributed by atoms with Crippen molar-refractivity contribution in [1.29, 1.82) is 0 Å². The first-order valence-corrected chi connectivity index (χ1v) is 7.30. The minimum atomic E-state index is 0.321. The molecule has 0 spiro atoms. The van der Waals surface area contributed by atoms with Gasteiger partial charge in [0.2, 0.25) is 5.13 Å². The Labute approximate surface area is 112 Å². The summed E-state index contributed by atoms with van der Waals surface area (Å²) < 4.78 is 15.1. The van der Waals surface area contributed by atoms with Crippen LogP contribution in [0.1, 0.15) is 32.0 Å². The lowest BCUT2D eigenvalue weighted by atomic mass is 10.1. The molecule has 18 heavy (non-hydrogen) atoms. The second kappa shape index (κ2) is 7.01. The van der Waals surface area contributed by atoms with E-state index in [1.807, 2.05) is 0 Å². The van der Waals surface area contributed by atoms with Crippen molar-refractivity contribution in [1.82, 2.24) is 9.36 Å². The maximum absolute atomic E-state index is 5.72. The predicted molar refractivity (Wildman–Crippen MR) is 72.2 cm³/mol. The molecule has 0 aliphatic carbocycles. The summed E-state index contributed by atoms with van der Waals surface area (Å²) in [4.78, 5) is 4.47. The van der Waals surface area contributed by atoms with E-state index in [9.17, 15) is 0 Å². The molecule has 102 valence electrons. The smallest absolute Gasteiger partial charge is 0.202 e. The number of anilines is 1. The van der Waals surface area contributed by atoms with Crippen molar-refractivity contribution >= 4 is 16.7 Å². The number of nitrogens with zero attached hydrogens (tertiary/aromatic N) is 2. The molecule has 0 saturated carbocycles. The van der Waals surface area contributed by atoms with Crippen LogP contribution < -0.4 is 5.32 Å². The van der Waals surface area contributed by atoms with Gasteiger partial charge in [0.1, 0.15) is 5.82 Å². The lowest BCUT2D eigenvalue weighted by molar-refractivity contribution is 0.0943. The van der Waals surface area contributed by atoms with E-state index in [4.69, 9.17) is 9.47 Å². The Morgan fingerprint density at radius 3 is 3.17 bits per heavy atom. The molecule has 2 heterocycles. The van der Waals surface area contributed by atoms with Gasteiger partial charge in [0.25, 0.3) is 0 Å². The van der Waals surface area contributed by atoms with Crippen molar-refractivity contribution in [3.8, 4) is 0 Å². The monoisotopic (exact) mass is 271 g/mol. The average Bonchev–Trinajstić information content (AvgIpc) is 3.04. The first kappa shape index (κ1) is 13.7. The molecule has 5 nitrogen and oxygen atoms in total. The summed E-state index contributed by atoms with van der Waals surface area (Å²) in [6, 6.07) is 0.343. The Morgan fingerprint density at radius 1 is 1.61 bits per heavy atom. The lowest BCUT2D eigenvalue weighted by Gasteiger charge is -2.22. The number of hydrogen-bond donors (Lipinski definition) is 1. The van der Waals surface area contributed by atoms with Crippen LogP contribution in [0.2, 0.25) is 0 Å². The first-order chi connectivity index (χ1) is 8.83. The molecule has 1 fully saturated rings. The fourth-order valence-corrected chi connectivity index (χ4v) is 2.82. The predicted octanol–water partition coefficient (Wildman–Crippen LogP) is 2.10. The fourth-order valence-electron chi connectivity index (χ4n) is 2.14. The summed E-state index contributed by atoms with van der Waals surface area (Å²) >= 11 is 1.42. The van der Waals surface area contributed by atoms with Crippen LogP contribution in [0.4, 0.5) is 5.13 Å². The largest absolute Gasteiger partial charge is 0.384 e. The van der Waals surface area contributed by atoms with Gasteiger partial charge in [0.05, 0.1) is 18.8 Å². The highest BCUT2D eigenvalue weighted by Crippen LogP contribution is 2.22. The number of nitrogens with one attached hydrogen (secondary N) is 1. The van der Waals surface area contributed by atoms with Crippen LogP contribution in [-0.4, -0.2) is 41.8 Å². The van der Waals surface area contributed by atoms with Crippen LogP contribution in [0.25, 0.3) is 0 Å². The molecule has 1 saturated heterocycles. The van der Waals surface area contributed by atoms with Crippen LogP contribution in [0.15, 0.2) is 0 Å². The molecule has 1 aromatic rings. The molecular weight excluding hydrogens is 250 g/mol. The van der Waals surface area contributed by atoms with E-state index in [0.29, 0.717) is 18.8 Å². The van der Waals surface area contributed by atoms with Gasteiger partial charge in [-0.25, -0.2) is 4.98 Å². The van der Waals surface area contributed by atoms with Crippen molar-refractivity contribution in [2.45, 2.75) is 44.8 Å². The molecule has 1 aliphatic rings. The summed E-state index contributed by atoms with van der Waals surface area (Å²) in [5, 5.41) is 4.34. The van der Waals surface area contributed by atoms with Gasteiger partial charge in [0, 0.05) is 31.7 Å². The fraction of sp³-hybridized carbons (Fsp3) is 0.833. The quantitative estimate of drug-likeness (QED) is 0.823. The minimum Gasteiger partial charge on any atom is -0.384 e. The first-order valence-electron chi connectivity index (χ1n) is 6.53. The van der Waals surface area contributed by atoms with Gasteiger partial charge in [0.15, 0.2) is 0 Å². The summed E-state index contributed by atoms with van der Waals surface area (Å²) in [7, 11) is 1.69. The van der Waals surface area contributed by atoms with E-state index in [0.717, 1.165) is 43.2 Å². The topological polar surface area (TPSA) is 56.3 Å². The van der Waals surface area contributed by atoms with Crippen LogP contribution in [0.5, 0.6) is 0 Å². The highest BCUT2D eigenvalue weighted by molar-refractivity contribution is 7.09. The maximum Gasteiger partial charge on any atom is 0.202 e. The summed E-state index contributed by atoms with van der Waals surface area (Å²) in [5.41, 5.74) is 0. The third kappa shape index (κ3) is 3.63. The molecule has 0 aromatic carbocycles. The Bertz CT molecular complexity index is 353. The zero-order valence-electron chi connectivity index (χ0n) is 11.0. The second-order valence-corrected chi connectivity index (χ2v) is 5.22. The van der Waals surface area contributed by atoms with Gasteiger partial charge < -0.3 is 14.8 Å². The van der Waals surface area contributed by atoms with E-state index in [1.165, 1.54) is 11.5 Å². The molecule has 2 atom stereocenters. The Morgan fingerprint density at radius 2 is 2.50 bits per heavy atom. The molecule has 0 amide bonds. The third-order valence-corrected chi connectivity index (χ3v) is 3.84. The molecule has 1 N–H and O–H groups in total. The number of rotatable bonds is 7. The van der Waals surface area contributed by atoms with Gasteiger partial charge >= 0.3 is 0 Å². The van der Waals surface area contributed by atoms with Crippen molar-refractivity contribution in [3.63, 3.8) is 0 Å². The lowest BCUT2D eigenvalue weighted by Crippen LogP contribution is -2.32. The van der Waals surface area contributed by atoms with E-state index in [2.05, 4.69) is 21.6 Å². The Balaban J connectivity index is 1.88. The van der Waals surface area contributed by atoms with Gasteiger partial charge in [-0.2, -0.15) is 4.37 Å². The van der Waals surface area contributed by atoms with E-state index in [-0.39, 0.29) is 0 Å². The summed E-state index contributed by atoms with van der Waals surface area (Å²) in [6.45, 7) is 3.73. The highest BCUT2D eigenvalue weighted by atomic mass is 32.1. The zero-order chi connectivity index (χ0) is 12.8. The maximum atomic E-state index is 5.72. The number of ether oxygens (including phenoxy) is 2. The summed E-state index contributed by atoms with van der Waals surface area (Å²) in [5.74, 6) is 0.853. The van der Waals surface area contributed by atoms with E-state index in [1.54, 1.807) is 7.11 Å². The van der Waals surface area contributed by atoms with Crippen LogP contribution in [0.3, 0.4) is 0 Å². The molecular formula is C12H21N3O2S. The van der Waals surface area contributed by atoms with Gasteiger partial charge in [-0.3, -0.25) is 0 Å². The highest BCUT2D eigenvalue weighted by Gasteiger charge is 2.25. The minimum absolute atomic E-state index is 0.321. The number of aromatic nitrogens is 2.